The number of carbonyl (C=O) groups is 1. The minimum atomic E-state index is 0.275. The number of likely N-dealkylation sites (N-methyl/N-ethyl adjacent to an activating group) is 1. The van der Waals surface area contributed by atoms with Crippen molar-refractivity contribution in [3.63, 3.8) is 0 Å². The van der Waals surface area contributed by atoms with Gasteiger partial charge in [-0.2, -0.15) is 0 Å². The minimum absolute atomic E-state index is 0.275. The van der Waals surface area contributed by atoms with Gasteiger partial charge in [0, 0.05) is 19.2 Å². The Labute approximate surface area is 91.9 Å². The molecule has 0 aliphatic carbocycles. The average Bonchev–Trinajstić information content (AvgIpc) is 2.17. The van der Waals surface area contributed by atoms with Crippen molar-refractivity contribution in [2.45, 2.75) is 27.2 Å². The van der Waals surface area contributed by atoms with Crippen LogP contribution in [0.15, 0.2) is 18.2 Å². The van der Waals surface area contributed by atoms with Crippen molar-refractivity contribution < 1.29 is 4.79 Å². The van der Waals surface area contributed by atoms with Gasteiger partial charge in [-0.15, -0.1) is 0 Å². The quantitative estimate of drug-likeness (QED) is 0.753. The fourth-order valence-corrected chi connectivity index (χ4v) is 1.70. The Kier molecular flexibility index (Phi) is 3.89. The van der Waals surface area contributed by atoms with Crippen LogP contribution in [0.2, 0.25) is 0 Å². The zero-order valence-electron chi connectivity index (χ0n) is 10.0. The van der Waals surface area contributed by atoms with Crippen LogP contribution >= 0.6 is 0 Å². The zero-order chi connectivity index (χ0) is 11.4. The van der Waals surface area contributed by atoms with Gasteiger partial charge in [-0.05, 0) is 25.5 Å². The third kappa shape index (κ3) is 3.08. The molecule has 0 fully saturated rings. The van der Waals surface area contributed by atoms with Gasteiger partial charge >= 0.3 is 0 Å². The third-order valence-electron chi connectivity index (χ3n) is 2.57. The summed E-state index contributed by atoms with van der Waals surface area (Å²) >= 11 is 0. The lowest BCUT2D eigenvalue weighted by Crippen LogP contribution is -2.25. The van der Waals surface area contributed by atoms with E-state index in [2.05, 4.69) is 32.0 Å². The van der Waals surface area contributed by atoms with E-state index in [9.17, 15) is 4.79 Å². The van der Waals surface area contributed by atoms with Crippen LogP contribution in [-0.2, 0) is 4.79 Å². The van der Waals surface area contributed by atoms with Gasteiger partial charge < -0.3 is 4.90 Å². The second-order valence-corrected chi connectivity index (χ2v) is 4.04. The molecule has 0 amide bonds. The summed E-state index contributed by atoms with van der Waals surface area (Å²) in [5.41, 5.74) is 3.62. The highest BCUT2D eigenvalue weighted by Gasteiger charge is 2.07. The monoisotopic (exact) mass is 205 g/mol. The van der Waals surface area contributed by atoms with Gasteiger partial charge in [0.25, 0.3) is 0 Å². The van der Waals surface area contributed by atoms with Crippen molar-refractivity contribution in [2.75, 3.05) is 18.5 Å². The number of hydrogen-bond donors (Lipinski definition) is 0. The topological polar surface area (TPSA) is 20.3 Å². The number of aryl methyl sites for hydroxylation is 2. The number of ketones is 1. The van der Waals surface area contributed by atoms with Gasteiger partial charge in [0.2, 0.25) is 0 Å². The first-order chi connectivity index (χ1) is 7.04. The van der Waals surface area contributed by atoms with Crippen LogP contribution in [0.25, 0.3) is 0 Å². The lowest BCUT2D eigenvalue weighted by molar-refractivity contribution is -0.117. The van der Waals surface area contributed by atoms with Crippen LogP contribution < -0.4 is 4.90 Å². The second-order valence-electron chi connectivity index (χ2n) is 4.04. The van der Waals surface area contributed by atoms with Gasteiger partial charge in [0.15, 0.2) is 5.78 Å². The van der Waals surface area contributed by atoms with Crippen molar-refractivity contribution >= 4 is 11.5 Å². The predicted molar refractivity (Wildman–Crippen MR) is 64.5 cm³/mol. The van der Waals surface area contributed by atoms with E-state index in [0.29, 0.717) is 13.0 Å². The highest BCUT2D eigenvalue weighted by atomic mass is 16.1. The van der Waals surface area contributed by atoms with Gasteiger partial charge in [0.1, 0.15) is 0 Å². The number of rotatable bonds is 4. The molecule has 0 aliphatic heterocycles. The average molecular weight is 205 g/mol. The van der Waals surface area contributed by atoms with E-state index in [0.717, 1.165) is 5.69 Å². The zero-order valence-corrected chi connectivity index (χ0v) is 10.0. The molecule has 1 aromatic rings. The molecule has 1 rings (SSSR count). The molecular formula is C13H19NO. The van der Waals surface area contributed by atoms with E-state index in [1.54, 1.807) is 0 Å². The van der Waals surface area contributed by atoms with Crippen molar-refractivity contribution in [3.05, 3.63) is 29.3 Å². The van der Waals surface area contributed by atoms with E-state index < -0.39 is 0 Å². The Hall–Kier alpha value is -1.31. The summed E-state index contributed by atoms with van der Waals surface area (Å²) in [6.07, 6.45) is 0.606. The molecule has 2 heteroatoms. The van der Waals surface area contributed by atoms with Crippen LogP contribution in [0.3, 0.4) is 0 Å². The molecule has 0 unspecified atom stereocenters. The molecule has 0 saturated carbocycles. The van der Waals surface area contributed by atoms with Crippen LogP contribution in [0, 0.1) is 13.8 Å². The van der Waals surface area contributed by atoms with E-state index in [4.69, 9.17) is 0 Å². The molecule has 0 heterocycles. The second kappa shape index (κ2) is 4.96. The molecule has 0 saturated heterocycles. The molecule has 0 N–H and O–H groups in total. The highest BCUT2D eigenvalue weighted by molar-refractivity contribution is 5.83. The van der Waals surface area contributed by atoms with Crippen molar-refractivity contribution in [3.8, 4) is 0 Å². The maximum atomic E-state index is 11.3. The summed E-state index contributed by atoms with van der Waals surface area (Å²) in [6, 6.07) is 6.30. The first-order valence-electron chi connectivity index (χ1n) is 5.34. The van der Waals surface area contributed by atoms with E-state index in [-0.39, 0.29) is 5.78 Å². The Morgan fingerprint density at radius 2 is 2.00 bits per heavy atom. The Bertz CT molecular complexity index is 358. The van der Waals surface area contributed by atoms with Gasteiger partial charge in [-0.3, -0.25) is 4.79 Å². The fourth-order valence-electron chi connectivity index (χ4n) is 1.70. The summed E-state index contributed by atoms with van der Waals surface area (Å²) in [4.78, 5) is 13.3. The number of carbonyl (C=O) groups excluding carboxylic acids is 1. The number of Topliss-reactive ketones (excluding diaryl/α,β-unsaturated/α-hetero) is 1. The van der Waals surface area contributed by atoms with Crippen LogP contribution in [0.1, 0.15) is 24.5 Å². The normalized spacial score (nSPS) is 10.1. The molecule has 0 atom stereocenters. The van der Waals surface area contributed by atoms with Gasteiger partial charge in [0.05, 0.1) is 6.54 Å². The molecule has 0 bridgehead atoms. The van der Waals surface area contributed by atoms with E-state index in [1.165, 1.54) is 11.1 Å². The minimum Gasteiger partial charge on any atom is -0.367 e. The molecule has 82 valence electrons. The number of hydrogen-bond acceptors (Lipinski definition) is 2. The Balaban J connectivity index is 2.82. The van der Waals surface area contributed by atoms with Crippen LogP contribution in [-0.4, -0.2) is 19.4 Å². The lowest BCUT2D eigenvalue weighted by Gasteiger charge is -2.20. The number of nitrogens with zero attached hydrogens (tertiary/aromatic N) is 1. The van der Waals surface area contributed by atoms with Crippen LogP contribution in [0.5, 0.6) is 0 Å². The lowest BCUT2D eigenvalue weighted by atomic mass is 10.1. The summed E-state index contributed by atoms with van der Waals surface area (Å²) < 4.78 is 0. The molecule has 0 aliphatic rings. The van der Waals surface area contributed by atoms with Crippen molar-refractivity contribution in [2.24, 2.45) is 0 Å². The molecule has 0 aromatic heterocycles. The summed E-state index contributed by atoms with van der Waals surface area (Å²) in [5.74, 6) is 0.275. The van der Waals surface area contributed by atoms with Gasteiger partial charge in [-0.25, -0.2) is 0 Å². The summed E-state index contributed by atoms with van der Waals surface area (Å²) in [6.45, 7) is 6.56. The SMILES string of the molecule is CCC(=O)CN(C)c1ccc(C)cc1C. The molecule has 15 heavy (non-hydrogen) atoms. The first-order valence-corrected chi connectivity index (χ1v) is 5.34. The predicted octanol–water partition coefficient (Wildman–Crippen LogP) is 2.72. The molecule has 0 radical (unpaired) electrons. The highest BCUT2D eigenvalue weighted by Crippen LogP contribution is 2.19. The van der Waals surface area contributed by atoms with Gasteiger partial charge in [-0.1, -0.05) is 24.6 Å². The number of benzene rings is 1. The standard InChI is InChI=1S/C13H19NO/c1-5-12(15)9-14(4)13-7-6-10(2)8-11(13)3/h6-8H,5,9H2,1-4H3. The fraction of sp³-hybridized carbons (Fsp3) is 0.462. The maximum Gasteiger partial charge on any atom is 0.151 e. The van der Waals surface area contributed by atoms with E-state index >= 15 is 0 Å². The van der Waals surface area contributed by atoms with Crippen molar-refractivity contribution in [1.82, 2.24) is 0 Å². The first kappa shape index (κ1) is 11.8. The summed E-state index contributed by atoms with van der Waals surface area (Å²) in [5, 5.41) is 0. The Morgan fingerprint density at radius 3 is 2.53 bits per heavy atom. The third-order valence-corrected chi connectivity index (χ3v) is 2.57. The Morgan fingerprint density at radius 1 is 1.33 bits per heavy atom. The molecular weight excluding hydrogens is 186 g/mol. The molecule has 2 nitrogen and oxygen atoms in total. The number of anilines is 1. The smallest absolute Gasteiger partial charge is 0.151 e. The molecule has 0 spiro atoms. The molecule has 1 aromatic carbocycles. The van der Waals surface area contributed by atoms with Crippen molar-refractivity contribution in [1.29, 1.82) is 0 Å². The summed E-state index contributed by atoms with van der Waals surface area (Å²) in [7, 11) is 1.96. The van der Waals surface area contributed by atoms with E-state index in [1.807, 2.05) is 18.9 Å². The largest absolute Gasteiger partial charge is 0.367 e. The maximum absolute atomic E-state index is 11.3. The van der Waals surface area contributed by atoms with Crippen LogP contribution in [0.4, 0.5) is 5.69 Å².